The summed E-state index contributed by atoms with van der Waals surface area (Å²) in [6.45, 7) is 3.89. The van der Waals surface area contributed by atoms with Crippen LogP contribution in [0, 0.1) is 0 Å². The number of nitrogens with zero attached hydrogens (tertiary/aromatic N) is 1. The van der Waals surface area contributed by atoms with E-state index in [4.69, 9.17) is 27.4 Å². The standard InChI is InChI=1S/C32H40N8O6/c1-19(28(34)42)27(26-10-6-16-46-26)40-31(45)25(18-20-7-3-2-4-8-20)39-30(44)24(9-5-15-37-32(35)36)38-29(43)23(33)17-21-11-13-22(41)14-12-21/h2-4,6-8,10-14,16,23-25,27,41H,1,5,9,15,17-18,33H2,(H2,34,42)(H,38,43)(H,39,44)(H,40,45)(H4,35,36,37)/t23-,24+,25-,27+/m0/s1. The van der Waals surface area contributed by atoms with Crippen molar-refractivity contribution < 1.29 is 28.7 Å². The number of amides is 4. The lowest BCUT2D eigenvalue weighted by Crippen LogP contribution is -2.56. The Labute approximate surface area is 266 Å². The van der Waals surface area contributed by atoms with E-state index in [9.17, 15) is 24.3 Å². The molecule has 14 heteroatoms. The highest BCUT2D eigenvalue weighted by Crippen LogP contribution is 2.21. The van der Waals surface area contributed by atoms with Gasteiger partial charge >= 0.3 is 0 Å². The molecule has 0 fully saturated rings. The molecule has 1 aromatic heterocycles. The highest BCUT2D eigenvalue weighted by Gasteiger charge is 2.31. The molecular formula is C32H40N8O6. The molecule has 4 amide bonds. The zero-order valence-electron chi connectivity index (χ0n) is 25.2. The second-order valence-corrected chi connectivity index (χ2v) is 10.6. The number of benzene rings is 2. The van der Waals surface area contributed by atoms with Crippen LogP contribution in [0.4, 0.5) is 0 Å². The number of aromatic hydroxyl groups is 1. The van der Waals surface area contributed by atoms with Crippen LogP contribution < -0.4 is 38.9 Å². The van der Waals surface area contributed by atoms with Gasteiger partial charge in [-0.1, -0.05) is 49.0 Å². The Balaban J connectivity index is 1.82. The molecule has 3 aromatic rings. The van der Waals surface area contributed by atoms with Gasteiger partial charge in [-0.25, -0.2) is 0 Å². The summed E-state index contributed by atoms with van der Waals surface area (Å²) in [6, 6.07) is 13.9. The SMILES string of the molecule is C=C(C(N)=O)[C@@H](NC(=O)[C@H](Cc1ccccc1)NC(=O)[C@@H](CCCN=C(N)N)NC(=O)[C@@H](N)Cc1ccc(O)cc1)c1ccco1. The maximum atomic E-state index is 13.7. The minimum Gasteiger partial charge on any atom is -0.508 e. The predicted molar refractivity (Wildman–Crippen MR) is 172 cm³/mol. The van der Waals surface area contributed by atoms with Crippen LogP contribution >= 0.6 is 0 Å². The maximum Gasteiger partial charge on any atom is 0.246 e. The third kappa shape index (κ3) is 10.8. The number of primary amides is 1. The average Bonchev–Trinajstić information content (AvgIpc) is 3.56. The molecule has 0 aliphatic heterocycles. The Bertz CT molecular complexity index is 1510. The first-order valence-corrected chi connectivity index (χ1v) is 14.5. The molecule has 0 aliphatic carbocycles. The van der Waals surface area contributed by atoms with Crippen LogP contribution in [0.1, 0.15) is 35.8 Å². The Morgan fingerprint density at radius 1 is 0.804 bits per heavy atom. The molecule has 14 nitrogen and oxygen atoms in total. The summed E-state index contributed by atoms with van der Waals surface area (Å²) in [6.07, 6.45) is 2.02. The first kappa shape index (κ1) is 34.9. The molecule has 244 valence electrons. The zero-order chi connectivity index (χ0) is 33.6. The molecule has 0 radical (unpaired) electrons. The van der Waals surface area contributed by atoms with Crippen molar-refractivity contribution in [2.24, 2.45) is 27.9 Å². The highest BCUT2D eigenvalue weighted by atomic mass is 16.3. The van der Waals surface area contributed by atoms with E-state index in [-0.39, 0.29) is 48.8 Å². The second-order valence-electron chi connectivity index (χ2n) is 10.6. The van der Waals surface area contributed by atoms with Gasteiger partial charge in [0.15, 0.2) is 5.96 Å². The normalized spacial score (nSPS) is 13.3. The van der Waals surface area contributed by atoms with Crippen molar-refractivity contribution in [3.05, 3.63) is 102 Å². The van der Waals surface area contributed by atoms with Gasteiger partial charge in [0.25, 0.3) is 0 Å². The van der Waals surface area contributed by atoms with E-state index >= 15 is 0 Å². The third-order valence-corrected chi connectivity index (χ3v) is 7.00. The van der Waals surface area contributed by atoms with Gasteiger partial charge in [-0.2, -0.15) is 0 Å². The molecule has 4 atom stereocenters. The number of furan rings is 1. The van der Waals surface area contributed by atoms with Gasteiger partial charge in [0.2, 0.25) is 23.6 Å². The zero-order valence-corrected chi connectivity index (χ0v) is 25.2. The number of rotatable bonds is 17. The van der Waals surface area contributed by atoms with Crippen LogP contribution in [0.25, 0.3) is 0 Å². The van der Waals surface area contributed by atoms with Gasteiger partial charge in [0.05, 0.1) is 12.3 Å². The van der Waals surface area contributed by atoms with E-state index in [1.165, 1.54) is 18.4 Å². The molecular weight excluding hydrogens is 592 g/mol. The van der Waals surface area contributed by atoms with Crippen LogP contribution in [0.2, 0.25) is 0 Å². The Kier molecular flexibility index (Phi) is 12.9. The number of nitrogens with two attached hydrogens (primary N) is 4. The molecule has 0 unspecified atom stereocenters. The summed E-state index contributed by atoms with van der Waals surface area (Å²) in [5.41, 5.74) is 23.8. The van der Waals surface area contributed by atoms with Crippen molar-refractivity contribution in [3.8, 4) is 5.75 Å². The molecule has 12 N–H and O–H groups in total. The number of guanidine groups is 1. The number of hydrogen-bond acceptors (Lipinski definition) is 8. The number of nitrogens with one attached hydrogen (secondary N) is 3. The number of carbonyl (C=O) groups excluding carboxylic acids is 4. The fourth-order valence-electron chi connectivity index (χ4n) is 4.53. The molecule has 0 spiro atoms. The molecule has 0 aliphatic rings. The number of carbonyl (C=O) groups is 4. The van der Waals surface area contributed by atoms with Gasteiger partial charge in [-0.05, 0) is 54.7 Å². The quantitative estimate of drug-likeness (QED) is 0.0431. The van der Waals surface area contributed by atoms with Gasteiger partial charge in [0, 0.05) is 18.5 Å². The monoisotopic (exact) mass is 632 g/mol. The fourth-order valence-corrected chi connectivity index (χ4v) is 4.53. The minimum atomic E-state index is -1.16. The lowest BCUT2D eigenvalue weighted by atomic mass is 10.0. The Hall–Kier alpha value is -5.63. The van der Waals surface area contributed by atoms with Crippen molar-refractivity contribution in [2.75, 3.05) is 6.54 Å². The average molecular weight is 633 g/mol. The van der Waals surface area contributed by atoms with Gasteiger partial charge in [-0.3, -0.25) is 24.2 Å². The van der Waals surface area contributed by atoms with Crippen LogP contribution in [-0.4, -0.2) is 59.4 Å². The second kappa shape index (κ2) is 17.0. The van der Waals surface area contributed by atoms with Crippen LogP contribution in [-0.2, 0) is 32.0 Å². The Morgan fingerprint density at radius 2 is 1.43 bits per heavy atom. The van der Waals surface area contributed by atoms with Crippen LogP contribution in [0.15, 0.2) is 94.6 Å². The number of hydrogen-bond donors (Lipinski definition) is 8. The topological polar surface area (TPSA) is 254 Å². The maximum absolute atomic E-state index is 13.7. The lowest BCUT2D eigenvalue weighted by Gasteiger charge is -2.26. The van der Waals surface area contributed by atoms with Crippen molar-refractivity contribution in [3.63, 3.8) is 0 Å². The fraction of sp³-hybridized carbons (Fsp3) is 0.281. The summed E-state index contributed by atoms with van der Waals surface area (Å²) in [5.74, 6) is -2.60. The lowest BCUT2D eigenvalue weighted by molar-refractivity contribution is -0.132. The summed E-state index contributed by atoms with van der Waals surface area (Å²) < 4.78 is 5.40. The largest absolute Gasteiger partial charge is 0.508 e. The smallest absolute Gasteiger partial charge is 0.246 e. The van der Waals surface area contributed by atoms with E-state index in [0.717, 1.165) is 5.56 Å². The van der Waals surface area contributed by atoms with Crippen molar-refractivity contribution in [1.29, 1.82) is 0 Å². The highest BCUT2D eigenvalue weighted by molar-refractivity contribution is 5.96. The molecule has 0 bridgehead atoms. The molecule has 46 heavy (non-hydrogen) atoms. The van der Waals surface area contributed by atoms with Crippen LogP contribution in [0.5, 0.6) is 5.75 Å². The van der Waals surface area contributed by atoms with Crippen molar-refractivity contribution >= 4 is 29.6 Å². The minimum absolute atomic E-state index is 0.0708. The van der Waals surface area contributed by atoms with Crippen molar-refractivity contribution in [2.45, 2.75) is 49.9 Å². The van der Waals surface area contributed by atoms with Crippen LogP contribution in [0.3, 0.4) is 0 Å². The number of aliphatic imine (C=N–C) groups is 1. The van der Waals surface area contributed by atoms with E-state index in [0.29, 0.717) is 12.0 Å². The Morgan fingerprint density at radius 3 is 2.04 bits per heavy atom. The van der Waals surface area contributed by atoms with Gasteiger partial charge in [0.1, 0.15) is 29.6 Å². The van der Waals surface area contributed by atoms with Crippen molar-refractivity contribution in [1.82, 2.24) is 16.0 Å². The number of phenols is 1. The first-order chi connectivity index (χ1) is 21.9. The van der Waals surface area contributed by atoms with E-state index in [1.54, 1.807) is 48.5 Å². The summed E-state index contributed by atoms with van der Waals surface area (Å²) in [7, 11) is 0. The molecule has 0 saturated carbocycles. The number of phenolic OH excluding ortho intramolecular Hbond substituents is 1. The van der Waals surface area contributed by atoms with E-state index < -0.39 is 47.8 Å². The predicted octanol–water partition coefficient (Wildman–Crippen LogP) is 0.0199. The van der Waals surface area contributed by atoms with E-state index in [2.05, 4.69) is 27.5 Å². The molecule has 1 heterocycles. The van der Waals surface area contributed by atoms with E-state index in [1.807, 2.05) is 6.07 Å². The molecule has 3 rings (SSSR count). The molecule has 0 saturated heterocycles. The summed E-state index contributed by atoms with van der Waals surface area (Å²) in [4.78, 5) is 56.4. The summed E-state index contributed by atoms with van der Waals surface area (Å²) >= 11 is 0. The third-order valence-electron chi connectivity index (χ3n) is 7.00. The summed E-state index contributed by atoms with van der Waals surface area (Å²) in [5, 5.41) is 17.7. The first-order valence-electron chi connectivity index (χ1n) is 14.5. The van der Waals surface area contributed by atoms with Gasteiger partial charge in [-0.15, -0.1) is 0 Å². The van der Waals surface area contributed by atoms with Gasteiger partial charge < -0.3 is 48.4 Å². The molecule has 2 aromatic carbocycles.